The lowest BCUT2D eigenvalue weighted by Gasteiger charge is -2.03. The van der Waals surface area contributed by atoms with Crippen LogP contribution in [0, 0.1) is 12.8 Å². The summed E-state index contributed by atoms with van der Waals surface area (Å²) in [5.74, 6) is 0.708. The molecular weight excluding hydrogens is 184 g/mol. The predicted molar refractivity (Wildman–Crippen MR) is 65.7 cm³/mol. The Balaban J connectivity index is 2.29. The van der Waals surface area contributed by atoms with Crippen molar-refractivity contribution in [1.29, 1.82) is 0 Å². The molecule has 0 aliphatic carbocycles. The summed E-state index contributed by atoms with van der Waals surface area (Å²) in [7, 11) is 0. The molecule has 2 nitrogen and oxygen atoms in total. The summed E-state index contributed by atoms with van der Waals surface area (Å²) in [5, 5.41) is 3.36. The van der Waals surface area contributed by atoms with Crippen LogP contribution in [0.5, 0.6) is 0 Å². The third-order valence-corrected chi connectivity index (χ3v) is 2.06. The zero-order valence-electron chi connectivity index (χ0n) is 9.83. The van der Waals surface area contributed by atoms with Gasteiger partial charge in [0.05, 0.1) is 0 Å². The Kier molecular flexibility index (Phi) is 5.05. The molecule has 15 heavy (non-hydrogen) atoms. The van der Waals surface area contributed by atoms with Gasteiger partial charge in [-0.05, 0) is 31.0 Å². The number of nitrogens with one attached hydrogen (secondary N) is 1. The lowest BCUT2D eigenvalue weighted by Crippen LogP contribution is -2.19. The highest BCUT2D eigenvalue weighted by Crippen LogP contribution is 2.00. The highest BCUT2D eigenvalue weighted by atomic mass is 14.8. The molecule has 1 rings (SSSR count). The summed E-state index contributed by atoms with van der Waals surface area (Å²) in [4.78, 5) is 4.23. The second kappa shape index (κ2) is 6.36. The van der Waals surface area contributed by atoms with Crippen LogP contribution in [-0.4, -0.2) is 18.1 Å². The molecule has 0 fully saturated rings. The van der Waals surface area contributed by atoms with Crippen molar-refractivity contribution < 1.29 is 0 Å². The highest BCUT2D eigenvalue weighted by molar-refractivity contribution is 5.47. The van der Waals surface area contributed by atoms with Crippen molar-refractivity contribution in [2.24, 2.45) is 5.92 Å². The first-order valence-corrected chi connectivity index (χ1v) is 5.48. The van der Waals surface area contributed by atoms with Crippen LogP contribution in [0.3, 0.4) is 0 Å². The fourth-order valence-electron chi connectivity index (χ4n) is 1.23. The number of nitrogens with zero attached hydrogens (tertiary/aromatic N) is 1. The molecule has 0 saturated heterocycles. The van der Waals surface area contributed by atoms with Crippen molar-refractivity contribution in [3.8, 4) is 0 Å². The van der Waals surface area contributed by atoms with Gasteiger partial charge in [0.25, 0.3) is 0 Å². The smallest absolute Gasteiger partial charge is 0.0373 e. The normalized spacial score (nSPS) is 11.5. The molecule has 2 heteroatoms. The fraction of sp³-hybridized carbons (Fsp3) is 0.462. The quantitative estimate of drug-likeness (QED) is 0.746. The Morgan fingerprint density at radius 2 is 2.20 bits per heavy atom. The van der Waals surface area contributed by atoms with Crippen molar-refractivity contribution in [2.45, 2.75) is 20.8 Å². The van der Waals surface area contributed by atoms with E-state index >= 15 is 0 Å². The topological polar surface area (TPSA) is 24.9 Å². The highest BCUT2D eigenvalue weighted by Gasteiger charge is 1.90. The second-order valence-electron chi connectivity index (χ2n) is 4.19. The molecule has 0 aliphatic heterocycles. The van der Waals surface area contributed by atoms with E-state index in [4.69, 9.17) is 0 Å². The third kappa shape index (κ3) is 5.33. The average molecular weight is 204 g/mol. The Morgan fingerprint density at radius 1 is 1.40 bits per heavy atom. The number of pyridine rings is 1. The van der Waals surface area contributed by atoms with Crippen LogP contribution in [-0.2, 0) is 0 Å². The van der Waals surface area contributed by atoms with Crippen molar-refractivity contribution in [3.63, 3.8) is 0 Å². The molecule has 0 bridgehead atoms. The first-order valence-electron chi connectivity index (χ1n) is 5.48. The zero-order chi connectivity index (χ0) is 11.1. The number of aryl methyl sites for hydroxylation is 1. The minimum atomic E-state index is 0.708. The number of hydrogen-bond donors (Lipinski definition) is 1. The summed E-state index contributed by atoms with van der Waals surface area (Å²) in [5.41, 5.74) is 2.22. The minimum Gasteiger partial charge on any atom is -0.313 e. The van der Waals surface area contributed by atoms with Crippen LogP contribution in [0.15, 0.2) is 24.4 Å². The van der Waals surface area contributed by atoms with Gasteiger partial charge in [0, 0.05) is 18.4 Å². The summed E-state index contributed by atoms with van der Waals surface area (Å²) < 4.78 is 0. The number of aromatic nitrogens is 1. The fourth-order valence-corrected chi connectivity index (χ4v) is 1.23. The Bertz CT molecular complexity index is 299. The molecule has 0 atom stereocenters. The minimum absolute atomic E-state index is 0.708. The van der Waals surface area contributed by atoms with Gasteiger partial charge in [-0.25, -0.2) is 0 Å². The molecule has 1 aromatic rings. The zero-order valence-corrected chi connectivity index (χ0v) is 9.83. The number of rotatable bonds is 5. The molecule has 0 aliphatic rings. The van der Waals surface area contributed by atoms with Crippen LogP contribution in [0.4, 0.5) is 0 Å². The van der Waals surface area contributed by atoms with Crippen LogP contribution in [0.25, 0.3) is 6.08 Å². The summed E-state index contributed by atoms with van der Waals surface area (Å²) in [6.45, 7) is 8.40. The monoisotopic (exact) mass is 204 g/mol. The van der Waals surface area contributed by atoms with E-state index in [2.05, 4.69) is 42.4 Å². The maximum atomic E-state index is 4.23. The first-order chi connectivity index (χ1) is 7.18. The van der Waals surface area contributed by atoms with Crippen molar-refractivity contribution >= 4 is 6.08 Å². The SMILES string of the molecule is Cc1ccc(/C=C/CNCC(C)C)cn1. The standard InChI is InChI=1S/C13H20N2/c1-11(2)9-14-8-4-5-13-7-6-12(3)15-10-13/h4-7,10-11,14H,8-9H2,1-3H3/b5-4+. The van der Waals surface area contributed by atoms with Gasteiger partial charge >= 0.3 is 0 Å². The van der Waals surface area contributed by atoms with Gasteiger partial charge < -0.3 is 5.32 Å². The van der Waals surface area contributed by atoms with Gasteiger partial charge in [0.2, 0.25) is 0 Å². The average Bonchev–Trinajstić information content (AvgIpc) is 2.20. The molecular formula is C13H20N2. The van der Waals surface area contributed by atoms with E-state index in [0.29, 0.717) is 5.92 Å². The molecule has 0 amide bonds. The van der Waals surface area contributed by atoms with E-state index in [9.17, 15) is 0 Å². The molecule has 1 heterocycles. The molecule has 0 spiro atoms. The van der Waals surface area contributed by atoms with E-state index in [1.165, 1.54) is 0 Å². The lowest BCUT2D eigenvalue weighted by molar-refractivity contribution is 0.577. The summed E-state index contributed by atoms with van der Waals surface area (Å²) in [6.07, 6.45) is 6.13. The van der Waals surface area contributed by atoms with E-state index in [1.54, 1.807) is 0 Å². The third-order valence-electron chi connectivity index (χ3n) is 2.06. The first kappa shape index (κ1) is 11.9. The van der Waals surface area contributed by atoms with Gasteiger partial charge in [-0.2, -0.15) is 0 Å². The number of hydrogen-bond acceptors (Lipinski definition) is 2. The molecule has 0 saturated carbocycles. The predicted octanol–water partition coefficient (Wildman–Crippen LogP) is 2.65. The molecule has 0 aromatic carbocycles. The molecule has 1 aromatic heterocycles. The molecule has 1 N–H and O–H groups in total. The van der Waals surface area contributed by atoms with Crippen LogP contribution >= 0.6 is 0 Å². The largest absolute Gasteiger partial charge is 0.313 e. The Labute approximate surface area is 92.4 Å². The van der Waals surface area contributed by atoms with Crippen LogP contribution < -0.4 is 5.32 Å². The van der Waals surface area contributed by atoms with E-state index in [1.807, 2.05) is 19.2 Å². The van der Waals surface area contributed by atoms with Crippen molar-refractivity contribution in [1.82, 2.24) is 10.3 Å². The maximum absolute atomic E-state index is 4.23. The van der Waals surface area contributed by atoms with Gasteiger partial charge in [-0.1, -0.05) is 32.1 Å². The molecule has 0 unspecified atom stereocenters. The summed E-state index contributed by atoms with van der Waals surface area (Å²) >= 11 is 0. The van der Waals surface area contributed by atoms with Gasteiger partial charge in [0.15, 0.2) is 0 Å². The van der Waals surface area contributed by atoms with E-state index in [0.717, 1.165) is 24.3 Å². The molecule has 82 valence electrons. The lowest BCUT2D eigenvalue weighted by atomic mass is 10.2. The van der Waals surface area contributed by atoms with E-state index < -0.39 is 0 Å². The maximum Gasteiger partial charge on any atom is 0.0373 e. The van der Waals surface area contributed by atoms with Crippen molar-refractivity contribution in [3.05, 3.63) is 35.7 Å². The Morgan fingerprint density at radius 3 is 2.80 bits per heavy atom. The van der Waals surface area contributed by atoms with E-state index in [-0.39, 0.29) is 0 Å². The van der Waals surface area contributed by atoms with Gasteiger partial charge in [-0.15, -0.1) is 0 Å². The van der Waals surface area contributed by atoms with Gasteiger partial charge in [-0.3, -0.25) is 4.98 Å². The van der Waals surface area contributed by atoms with Gasteiger partial charge in [0.1, 0.15) is 0 Å². The summed E-state index contributed by atoms with van der Waals surface area (Å²) in [6, 6.07) is 4.11. The Hall–Kier alpha value is -1.15. The van der Waals surface area contributed by atoms with Crippen LogP contribution in [0.2, 0.25) is 0 Å². The second-order valence-corrected chi connectivity index (χ2v) is 4.19. The molecule has 0 radical (unpaired) electrons. The van der Waals surface area contributed by atoms with Crippen molar-refractivity contribution in [2.75, 3.05) is 13.1 Å². The van der Waals surface area contributed by atoms with Crippen LogP contribution in [0.1, 0.15) is 25.1 Å².